The Bertz CT molecular complexity index is 1410. The Balaban J connectivity index is 1.59. The minimum atomic E-state index is -0.960. The molecule has 192 valence electrons. The van der Waals surface area contributed by atoms with Gasteiger partial charge in [0.05, 0.1) is 18.8 Å². The summed E-state index contributed by atoms with van der Waals surface area (Å²) < 4.78 is 17.0. The molecule has 0 bridgehead atoms. The molecular weight excluding hydrogens is 472 g/mol. The molecule has 0 aliphatic heterocycles. The van der Waals surface area contributed by atoms with Crippen LogP contribution in [0.25, 0.3) is 22.1 Å². The average molecular weight is 503 g/mol. The molecule has 1 aromatic heterocycles. The van der Waals surface area contributed by atoms with E-state index >= 15 is 0 Å². The van der Waals surface area contributed by atoms with Crippen LogP contribution in [-0.2, 0) is 35.6 Å². The normalized spacial score (nSPS) is 11.0. The summed E-state index contributed by atoms with van der Waals surface area (Å²) in [7, 11) is 0. The fraction of sp³-hybridized carbons (Fsp3) is 0.241. The van der Waals surface area contributed by atoms with Gasteiger partial charge in [-0.05, 0) is 66.4 Å². The molecule has 1 amide bonds. The van der Waals surface area contributed by atoms with E-state index in [4.69, 9.17) is 19.6 Å². The van der Waals surface area contributed by atoms with Gasteiger partial charge in [0.25, 0.3) is 0 Å². The smallest absolute Gasteiger partial charge is 0.407 e. The number of carbonyl (C=O) groups excluding carboxylic acids is 1. The lowest BCUT2D eigenvalue weighted by Crippen LogP contribution is -2.26. The van der Waals surface area contributed by atoms with E-state index in [9.17, 15) is 14.7 Å². The van der Waals surface area contributed by atoms with Crippen LogP contribution in [0.5, 0.6) is 5.75 Å². The van der Waals surface area contributed by atoms with E-state index in [-0.39, 0.29) is 25.7 Å². The van der Waals surface area contributed by atoms with Crippen molar-refractivity contribution in [3.8, 4) is 16.9 Å². The van der Waals surface area contributed by atoms with Gasteiger partial charge in [-0.25, -0.2) is 4.79 Å². The number of nitrogens with one attached hydrogen (secondary N) is 1. The molecule has 4 rings (SSSR count). The number of carboxylic acid groups (broad SMARTS) is 1. The standard InChI is InChI=1S/C29H30N2O6/c1-18(2)37-29(34)31-16-20-6-7-23(14-27(32)33)26(13-20)36-17-21-11-24-8-9-35-28(24)25(12-21)22-5-3-4-19(10-22)15-30/h3-13,18H,14-17,30H2,1-2H3,(H,31,34)(H,32,33). The zero-order valence-electron chi connectivity index (χ0n) is 20.8. The Kier molecular flexibility index (Phi) is 8.10. The first kappa shape index (κ1) is 25.8. The van der Waals surface area contributed by atoms with E-state index < -0.39 is 12.1 Å². The number of fused-ring (bicyclic) bond motifs is 1. The maximum Gasteiger partial charge on any atom is 0.407 e. The quantitative estimate of drug-likeness (QED) is 0.265. The summed E-state index contributed by atoms with van der Waals surface area (Å²) in [5.74, 6) is -0.518. The molecule has 0 saturated heterocycles. The second kappa shape index (κ2) is 11.6. The van der Waals surface area contributed by atoms with Crippen LogP contribution < -0.4 is 15.8 Å². The SMILES string of the molecule is CC(C)OC(=O)NCc1ccc(CC(=O)O)c(OCc2cc(-c3cccc(CN)c3)c3occc3c2)c1. The molecule has 4 N–H and O–H groups in total. The number of hydrogen-bond acceptors (Lipinski definition) is 6. The number of carbonyl (C=O) groups is 2. The predicted octanol–water partition coefficient (Wildman–Crippen LogP) is 5.40. The highest BCUT2D eigenvalue weighted by atomic mass is 16.6. The van der Waals surface area contributed by atoms with Gasteiger partial charge in [0.2, 0.25) is 0 Å². The first-order valence-corrected chi connectivity index (χ1v) is 12.0. The summed E-state index contributed by atoms with van der Waals surface area (Å²) in [6.45, 7) is 4.41. The lowest BCUT2D eigenvalue weighted by molar-refractivity contribution is -0.136. The molecular formula is C29H30N2O6. The molecule has 0 aliphatic carbocycles. The molecule has 0 radical (unpaired) electrons. The molecule has 0 saturated carbocycles. The van der Waals surface area contributed by atoms with E-state index in [1.54, 1.807) is 38.3 Å². The monoisotopic (exact) mass is 502 g/mol. The van der Waals surface area contributed by atoms with Gasteiger partial charge in [-0.2, -0.15) is 0 Å². The van der Waals surface area contributed by atoms with E-state index in [2.05, 4.69) is 5.32 Å². The molecule has 37 heavy (non-hydrogen) atoms. The van der Waals surface area contributed by atoms with Crippen LogP contribution in [-0.4, -0.2) is 23.3 Å². The highest BCUT2D eigenvalue weighted by Crippen LogP contribution is 2.32. The molecule has 0 spiro atoms. The Labute approximate surface area is 215 Å². The minimum Gasteiger partial charge on any atom is -0.489 e. The Morgan fingerprint density at radius 1 is 1.03 bits per heavy atom. The molecule has 0 atom stereocenters. The number of ether oxygens (including phenoxy) is 2. The van der Waals surface area contributed by atoms with Crippen molar-refractivity contribution in [2.24, 2.45) is 5.73 Å². The largest absolute Gasteiger partial charge is 0.489 e. The molecule has 8 nitrogen and oxygen atoms in total. The lowest BCUT2D eigenvalue weighted by atomic mass is 9.99. The van der Waals surface area contributed by atoms with Crippen molar-refractivity contribution in [2.75, 3.05) is 0 Å². The molecule has 1 heterocycles. The van der Waals surface area contributed by atoms with Crippen LogP contribution in [0.1, 0.15) is 36.1 Å². The summed E-state index contributed by atoms with van der Waals surface area (Å²) in [5.41, 5.74) is 11.7. The maximum absolute atomic E-state index is 11.9. The van der Waals surface area contributed by atoms with Crippen LogP contribution in [0.3, 0.4) is 0 Å². The van der Waals surface area contributed by atoms with Crippen molar-refractivity contribution in [3.63, 3.8) is 0 Å². The van der Waals surface area contributed by atoms with Gasteiger partial charge in [-0.1, -0.05) is 30.3 Å². The third-order valence-electron chi connectivity index (χ3n) is 5.73. The molecule has 0 unspecified atom stereocenters. The van der Waals surface area contributed by atoms with E-state index in [1.807, 2.05) is 42.5 Å². The number of nitrogens with two attached hydrogens (primary N) is 1. The summed E-state index contributed by atoms with van der Waals surface area (Å²) in [6, 6.07) is 19.1. The van der Waals surface area contributed by atoms with Gasteiger partial charge in [-0.15, -0.1) is 0 Å². The number of hydrogen-bond donors (Lipinski definition) is 3. The fourth-order valence-electron chi connectivity index (χ4n) is 4.05. The van der Waals surface area contributed by atoms with E-state index in [0.29, 0.717) is 17.9 Å². The summed E-state index contributed by atoms with van der Waals surface area (Å²) in [6.07, 6.45) is 0.715. The molecule has 4 aromatic rings. The van der Waals surface area contributed by atoms with Gasteiger partial charge in [0.1, 0.15) is 17.9 Å². The molecule has 0 fully saturated rings. The minimum absolute atomic E-state index is 0.184. The van der Waals surface area contributed by atoms with Crippen molar-refractivity contribution in [1.82, 2.24) is 5.32 Å². The molecule has 0 aliphatic rings. The lowest BCUT2D eigenvalue weighted by Gasteiger charge is -2.15. The van der Waals surface area contributed by atoms with Crippen LogP contribution in [0.4, 0.5) is 4.79 Å². The second-order valence-corrected chi connectivity index (χ2v) is 9.00. The fourth-order valence-corrected chi connectivity index (χ4v) is 4.05. The number of rotatable bonds is 10. The second-order valence-electron chi connectivity index (χ2n) is 9.00. The number of aliphatic carboxylic acids is 1. The number of carboxylic acids is 1. The molecule has 8 heteroatoms. The topological polar surface area (TPSA) is 124 Å². The van der Waals surface area contributed by atoms with Crippen molar-refractivity contribution < 1.29 is 28.6 Å². The predicted molar refractivity (Wildman–Crippen MR) is 140 cm³/mol. The Morgan fingerprint density at radius 3 is 2.62 bits per heavy atom. The maximum atomic E-state index is 11.9. The van der Waals surface area contributed by atoms with Gasteiger partial charge in [0.15, 0.2) is 0 Å². The number of amides is 1. The third kappa shape index (κ3) is 6.68. The summed E-state index contributed by atoms with van der Waals surface area (Å²) in [4.78, 5) is 23.3. The van der Waals surface area contributed by atoms with Gasteiger partial charge in [0, 0.05) is 29.6 Å². The van der Waals surface area contributed by atoms with Crippen molar-refractivity contribution in [1.29, 1.82) is 0 Å². The average Bonchev–Trinajstić information content (AvgIpc) is 3.35. The van der Waals surface area contributed by atoms with Gasteiger partial charge >= 0.3 is 12.1 Å². The van der Waals surface area contributed by atoms with Gasteiger partial charge < -0.3 is 30.0 Å². The first-order valence-electron chi connectivity index (χ1n) is 12.0. The first-order chi connectivity index (χ1) is 17.8. The van der Waals surface area contributed by atoms with Crippen LogP contribution >= 0.6 is 0 Å². The molecule has 3 aromatic carbocycles. The number of furan rings is 1. The number of benzene rings is 3. The van der Waals surface area contributed by atoms with Gasteiger partial charge in [-0.3, -0.25) is 4.79 Å². The zero-order chi connectivity index (χ0) is 26.4. The highest BCUT2D eigenvalue weighted by Gasteiger charge is 2.14. The summed E-state index contributed by atoms with van der Waals surface area (Å²) >= 11 is 0. The third-order valence-corrected chi connectivity index (χ3v) is 5.73. The highest BCUT2D eigenvalue weighted by molar-refractivity contribution is 5.93. The van der Waals surface area contributed by atoms with Crippen LogP contribution in [0.2, 0.25) is 0 Å². The zero-order valence-corrected chi connectivity index (χ0v) is 20.8. The van der Waals surface area contributed by atoms with Crippen molar-refractivity contribution in [2.45, 2.75) is 46.1 Å². The Morgan fingerprint density at radius 2 is 1.86 bits per heavy atom. The van der Waals surface area contributed by atoms with E-state index in [0.717, 1.165) is 38.8 Å². The van der Waals surface area contributed by atoms with Crippen LogP contribution in [0.15, 0.2) is 71.3 Å². The Hall–Kier alpha value is -4.30. The van der Waals surface area contributed by atoms with E-state index in [1.165, 1.54) is 0 Å². The summed E-state index contributed by atoms with van der Waals surface area (Å²) in [5, 5.41) is 13.0. The number of alkyl carbamates (subject to hydrolysis) is 1. The van der Waals surface area contributed by atoms with Crippen molar-refractivity contribution in [3.05, 3.63) is 89.2 Å². The van der Waals surface area contributed by atoms with Crippen LogP contribution in [0, 0.1) is 0 Å². The van der Waals surface area contributed by atoms with Crippen molar-refractivity contribution >= 4 is 23.0 Å².